The molecule has 3 rings (SSSR count). The van der Waals surface area contributed by atoms with Gasteiger partial charge in [0.05, 0.1) is 21.9 Å². The minimum atomic E-state index is -0.461. The van der Waals surface area contributed by atoms with E-state index in [0.717, 1.165) is 4.47 Å². The largest absolute Gasteiger partial charge is 0.361 e. The van der Waals surface area contributed by atoms with Crippen molar-refractivity contribution in [2.75, 3.05) is 14.1 Å². The molecular formula is C17H15BrFN3O2. The number of fused-ring (bicyclic) bond motifs is 1. The number of benzene rings is 2. The van der Waals surface area contributed by atoms with Crippen molar-refractivity contribution >= 4 is 32.5 Å². The fraction of sp³-hybridized carbons (Fsp3) is 0.176. The molecule has 1 N–H and O–H groups in total. The molecule has 0 spiro atoms. The first-order valence-electron chi connectivity index (χ1n) is 7.26. The summed E-state index contributed by atoms with van der Waals surface area (Å²) in [7, 11) is 3.64. The number of nitro groups is 1. The van der Waals surface area contributed by atoms with E-state index in [1.807, 2.05) is 19.0 Å². The molecule has 0 bridgehead atoms. The first-order chi connectivity index (χ1) is 11.4. The van der Waals surface area contributed by atoms with Crippen LogP contribution in [0.5, 0.6) is 0 Å². The first-order valence-corrected chi connectivity index (χ1v) is 8.05. The molecular weight excluding hydrogens is 377 g/mol. The summed E-state index contributed by atoms with van der Waals surface area (Å²) in [6, 6.07) is 9.12. The van der Waals surface area contributed by atoms with Gasteiger partial charge in [0.25, 0.3) is 5.69 Å². The van der Waals surface area contributed by atoms with Crippen LogP contribution < -0.4 is 0 Å². The zero-order chi connectivity index (χ0) is 17.4. The molecule has 1 unspecified atom stereocenters. The molecule has 24 heavy (non-hydrogen) atoms. The van der Waals surface area contributed by atoms with Crippen LogP contribution in [0.4, 0.5) is 10.1 Å². The van der Waals surface area contributed by atoms with E-state index in [4.69, 9.17) is 0 Å². The molecule has 3 aromatic rings. The Labute approximate surface area is 146 Å². The average molecular weight is 392 g/mol. The van der Waals surface area contributed by atoms with Crippen molar-refractivity contribution in [1.82, 2.24) is 9.88 Å². The second kappa shape index (κ2) is 6.33. The standard InChI is InChI=1S/C17H15BrFN3O2/c1-21(2)17(11-8-10(18)6-7-13(11)19)12-9-20-14-4-3-5-15(16(12)14)22(23)24/h3-9,17,20H,1-2H3. The predicted octanol–water partition coefficient (Wildman–Crippen LogP) is 4.63. The van der Waals surface area contributed by atoms with E-state index in [1.165, 1.54) is 12.1 Å². The number of nitro benzene ring substituents is 1. The molecule has 0 aliphatic carbocycles. The van der Waals surface area contributed by atoms with Crippen molar-refractivity contribution < 1.29 is 9.31 Å². The topological polar surface area (TPSA) is 62.2 Å². The molecule has 1 atom stereocenters. The van der Waals surface area contributed by atoms with E-state index in [9.17, 15) is 14.5 Å². The van der Waals surface area contributed by atoms with E-state index < -0.39 is 11.0 Å². The molecule has 0 saturated heterocycles. The van der Waals surface area contributed by atoms with Gasteiger partial charge in [0.15, 0.2) is 0 Å². The van der Waals surface area contributed by atoms with Crippen molar-refractivity contribution in [3.05, 3.63) is 74.1 Å². The minimum absolute atomic E-state index is 0.00556. The Kier molecular flexibility index (Phi) is 4.38. The lowest BCUT2D eigenvalue weighted by Gasteiger charge is -2.25. The zero-order valence-electron chi connectivity index (χ0n) is 13.1. The SMILES string of the molecule is CN(C)C(c1cc(Br)ccc1F)c1c[nH]c2cccc([N+](=O)[O-])c12. The van der Waals surface area contributed by atoms with Gasteiger partial charge in [0, 0.05) is 27.9 Å². The van der Waals surface area contributed by atoms with Gasteiger partial charge in [-0.3, -0.25) is 15.0 Å². The monoisotopic (exact) mass is 391 g/mol. The summed E-state index contributed by atoms with van der Waals surface area (Å²) >= 11 is 3.36. The molecule has 5 nitrogen and oxygen atoms in total. The molecule has 1 heterocycles. The Bertz CT molecular complexity index is 923. The Hall–Kier alpha value is -2.25. The molecule has 0 saturated carbocycles. The summed E-state index contributed by atoms with van der Waals surface area (Å²) in [5.74, 6) is -0.357. The van der Waals surface area contributed by atoms with Gasteiger partial charge in [-0.15, -0.1) is 0 Å². The highest BCUT2D eigenvalue weighted by Gasteiger charge is 2.27. The molecule has 124 valence electrons. The van der Waals surface area contributed by atoms with Crippen LogP contribution >= 0.6 is 15.9 Å². The molecule has 7 heteroatoms. The molecule has 0 fully saturated rings. The number of hydrogen-bond acceptors (Lipinski definition) is 3. The van der Waals surface area contributed by atoms with Gasteiger partial charge >= 0.3 is 0 Å². The fourth-order valence-electron chi connectivity index (χ4n) is 3.01. The van der Waals surface area contributed by atoms with Gasteiger partial charge in [0.2, 0.25) is 0 Å². The quantitative estimate of drug-likeness (QED) is 0.520. The third kappa shape index (κ3) is 2.81. The third-order valence-electron chi connectivity index (χ3n) is 3.97. The highest BCUT2D eigenvalue weighted by atomic mass is 79.9. The predicted molar refractivity (Wildman–Crippen MR) is 94.6 cm³/mol. The Morgan fingerprint density at radius 1 is 1.25 bits per heavy atom. The van der Waals surface area contributed by atoms with Crippen molar-refractivity contribution in [3.8, 4) is 0 Å². The molecule has 0 amide bonds. The van der Waals surface area contributed by atoms with E-state index in [-0.39, 0.29) is 11.5 Å². The van der Waals surface area contributed by atoms with Gasteiger partial charge in [-0.2, -0.15) is 0 Å². The van der Waals surface area contributed by atoms with Crippen molar-refractivity contribution in [2.24, 2.45) is 0 Å². The van der Waals surface area contributed by atoms with E-state index in [1.54, 1.807) is 30.5 Å². The third-order valence-corrected chi connectivity index (χ3v) is 4.47. The average Bonchev–Trinajstić information content (AvgIpc) is 2.94. The summed E-state index contributed by atoms with van der Waals surface area (Å²) < 4.78 is 15.2. The number of hydrogen-bond donors (Lipinski definition) is 1. The van der Waals surface area contributed by atoms with Crippen molar-refractivity contribution in [1.29, 1.82) is 0 Å². The summed E-state index contributed by atoms with van der Waals surface area (Å²) in [6.45, 7) is 0. The van der Waals surface area contributed by atoms with Gasteiger partial charge < -0.3 is 4.98 Å². The van der Waals surface area contributed by atoms with Crippen LogP contribution in [-0.2, 0) is 0 Å². The number of aromatic amines is 1. The number of H-pyrrole nitrogens is 1. The smallest absolute Gasteiger partial charge is 0.279 e. The number of non-ortho nitro benzene ring substituents is 1. The second-order valence-corrected chi connectivity index (χ2v) is 6.65. The van der Waals surface area contributed by atoms with Crippen LogP contribution in [0.2, 0.25) is 0 Å². The summed E-state index contributed by atoms with van der Waals surface area (Å²) in [4.78, 5) is 15.9. The number of nitrogens with zero attached hydrogens (tertiary/aromatic N) is 2. The summed E-state index contributed by atoms with van der Waals surface area (Å²) in [5.41, 5.74) is 1.78. The van der Waals surface area contributed by atoms with Gasteiger partial charge in [-0.05, 0) is 38.4 Å². The van der Waals surface area contributed by atoms with Crippen LogP contribution in [0.25, 0.3) is 10.9 Å². The van der Waals surface area contributed by atoms with Crippen LogP contribution in [0.1, 0.15) is 17.2 Å². The Morgan fingerprint density at radius 3 is 2.67 bits per heavy atom. The minimum Gasteiger partial charge on any atom is -0.361 e. The van der Waals surface area contributed by atoms with Crippen LogP contribution in [0.3, 0.4) is 0 Å². The lowest BCUT2D eigenvalue weighted by Crippen LogP contribution is -2.22. The van der Waals surface area contributed by atoms with E-state index >= 15 is 0 Å². The first kappa shape index (κ1) is 16.6. The molecule has 0 aliphatic heterocycles. The summed E-state index contributed by atoms with van der Waals surface area (Å²) in [5, 5.41) is 11.9. The number of halogens is 2. The van der Waals surface area contributed by atoms with Gasteiger partial charge in [-0.1, -0.05) is 22.0 Å². The fourth-order valence-corrected chi connectivity index (χ4v) is 3.39. The van der Waals surface area contributed by atoms with E-state index in [0.29, 0.717) is 22.0 Å². The van der Waals surface area contributed by atoms with Crippen molar-refractivity contribution in [3.63, 3.8) is 0 Å². The number of nitrogens with one attached hydrogen (secondary N) is 1. The van der Waals surface area contributed by atoms with E-state index in [2.05, 4.69) is 20.9 Å². The van der Waals surface area contributed by atoms with Crippen LogP contribution in [0, 0.1) is 15.9 Å². The lowest BCUT2D eigenvalue weighted by molar-refractivity contribution is -0.383. The van der Waals surface area contributed by atoms with Gasteiger partial charge in [0.1, 0.15) is 5.82 Å². The normalized spacial score (nSPS) is 12.7. The lowest BCUT2D eigenvalue weighted by atomic mass is 9.96. The maximum absolute atomic E-state index is 14.4. The van der Waals surface area contributed by atoms with Crippen molar-refractivity contribution in [2.45, 2.75) is 6.04 Å². The Balaban J connectivity index is 2.29. The van der Waals surface area contributed by atoms with Crippen LogP contribution in [-0.4, -0.2) is 28.9 Å². The summed E-state index contributed by atoms with van der Waals surface area (Å²) in [6.07, 6.45) is 1.71. The second-order valence-electron chi connectivity index (χ2n) is 5.73. The van der Waals surface area contributed by atoms with Crippen LogP contribution in [0.15, 0.2) is 47.1 Å². The van der Waals surface area contributed by atoms with Gasteiger partial charge in [-0.25, -0.2) is 4.39 Å². The highest BCUT2D eigenvalue weighted by molar-refractivity contribution is 9.10. The zero-order valence-corrected chi connectivity index (χ0v) is 14.7. The molecule has 0 radical (unpaired) electrons. The number of aromatic nitrogens is 1. The Morgan fingerprint density at radius 2 is 2.00 bits per heavy atom. The maximum Gasteiger partial charge on any atom is 0.279 e. The highest BCUT2D eigenvalue weighted by Crippen LogP contribution is 2.38. The molecule has 0 aliphatic rings. The molecule has 2 aromatic carbocycles. The number of rotatable bonds is 4. The maximum atomic E-state index is 14.4. The molecule has 1 aromatic heterocycles.